The van der Waals surface area contributed by atoms with E-state index in [1.54, 1.807) is 6.07 Å². The largest absolute Gasteiger partial charge is 0.371 e. The molecule has 2 unspecified atom stereocenters. The summed E-state index contributed by atoms with van der Waals surface area (Å²) in [4.78, 5) is 29.5. The number of aryl methyl sites for hydroxylation is 1. The first-order valence-corrected chi connectivity index (χ1v) is 11.2. The van der Waals surface area contributed by atoms with Gasteiger partial charge < -0.3 is 9.50 Å². The quantitative estimate of drug-likeness (QED) is 0.506. The molecule has 0 aliphatic heterocycles. The van der Waals surface area contributed by atoms with E-state index in [9.17, 15) is 9.59 Å². The number of carbonyl (C=O) groups excluding carboxylic acids is 2. The van der Waals surface area contributed by atoms with E-state index in [4.69, 9.17) is 9.32 Å². The Morgan fingerprint density at radius 2 is 2.00 bits per heavy atom. The first-order chi connectivity index (χ1) is 14.5. The molecule has 2 aromatic rings. The van der Waals surface area contributed by atoms with E-state index < -0.39 is 5.97 Å². The maximum absolute atomic E-state index is 12.9. The van der Waals surface area contributed by atoms with Crippen LogP contribution >= 0.6 is 12.2 Å². The molecule has 0 radical (unpaired) electrons. The summed E-state index contributed by atoms with van der Waals surface area (Å²) in [6.45, 7) is 12.3. The number of hydrogen-bond acceptors (Lipinski definition) is 6. The lowest BCUT2D eigenvalue weighted by Crippen LogP contribution is -2.30. The van der Waals surface area contributed by atoms with Crippen molar-refractivity contribution in [1.82, 2.24) is 10.3 Å². The summed E-state index contributed by atoms with van der Waals surface area (Å²) >= 11 is 0.531. The smallest absolute Gasteiger partial charge is 0.351 e. The minimum absolute atomic E-state index is 0.00274. The molecule has 166 valence electrons. The standard InChI is InChI=1S/C24H31N3O3S/c1-14-11-16(7-9-18(14)22(29)30-31-25)15(2)27-21(28)19-12-24(19,6)17-8-10-20(26-13-17)23(3,4)5/h7-11,13,15,19H,12,25H2,1-6H3,(H,27,28)/t15-,19?,24?/m1/s1. The number of nitrogens with two attached hydrogens (primary N) is 1. The van der Waals surface area contributed by atoms with Gasteiger partial charge >= 0.3 is 5.97 Å². The number of hydrogen-bond donors (Lipinski definition) is 2. The minimum atomic E-state index is -0.479. The van der Waals surface area contributed by atoms with Crippen molar-refractivity contribution in [3.8, 4) is 0 Å². The van der Waals surface area contributed by atoms with Gasteiger partial charge in [-0.2, -0.15) is 0 Å². The van der Waals surface area contributed by atoms with Crippen LogP contribution in [0.15, 0.2) is 36.5 Å². The molecule has 0 spiro atoms. The van der Waals surface area contributed by atoms with E-state index in [0.29, 0.717) is 17.8 Å². The van der Waals surface area contributed by atoms with Gasteiger partial charge in [-0.05, 0) is 49.1 Å². The monoisotopic (exact) mass is 441 g/mol. The normalized spacial score (nSPS) is 21.3. The Kier molecular flexibility index (Phi) is 6.48. The van der Waals surface area contributed by atoms with Gasteiger partial charge in [0.2, 0.25) is 5.91 Å². The highest BCUT2D eigenvalue weighted by atomic mass is 32.2. The fourth-order valence-corrected chi connectivity index (χ4v) is 4.09. The molecule has 1 amide bonds. The summed E-state index contributed by atoms with van der Waals surface area (Å²) in [5.41, 5.74) is 4.13. The Bertz CT molecular complexity index is 985. The van der Waals surface area contributed by atoms with Crippen molar-refractivity contribution in [1.29, 1.82) is 0 Å². The molecule has 0 bridgehead atoms. The maximum Gasteiger partial charge on any atom is 0.351 e. The number of pyridine rings is 1. The number of nitrogens with zero attached hydrogens (tertiary/aromatic N) is 1. The fraction of sp³-hybridized carbons (Fsp3) is 0.458. The van der Waals surface area contributed by atoms with Gasteiger partial charge in [0.1, 0.15) is 12.2 Å². The van der Waals surface area contributed by atoms with Crippen molar-refractivity contribution in [2.24, 2.45) is 11.1 Å². The summed E-state index contributed by atoms with van der Waals surface area (Å²) in [7, 11) is 0. The number of rotatable bonds is 6. The average Bonchev–Trinajstić information content (AvgIpc) is 3.40. The summed E-state index contributed by atoms with van der Waals surface area (Å²) in [6, 6.07) is 9.42. The van der Waals surface area contributed by atoms with Crippen molar-refractivity contribution in [2.75, 3.05) is 0 Å². The van der Waals surface area contributed by atoms with Crippen molar-refractivity contribution in [2.45, 2.75) is 64.8 Å². The molecule has 0 saturated heterocycles. The molecule has 1 heterocycles. The second-order valence-electron chi connectivity index (χ2n) is 9.63. The third-order valence-electron chi connectivity index (χ3n) is 6.20. The lowest BCUT2D eigenvalue weighted by Gasteiger charge is -2.20. The minimum Gasteiger partial charge on any atom is -0.371 e. The predicted octanol–water partition coefficient (Wildman–Crippen LogP) is 4.52. The van der Waals surface area contributed by atoms with Crippen LogP contribution in [0, 0.1) is 12.8 Å². The number of aromatic nitrogens is 1. The Balaban J connectivity index is 1.66. The van der Waals surface area contributed by atoms with E-state index in [1.165, 1.54) is 0 Å². The predicted molar refractivity (Wildman–Crippen MR) is 123 cm³/mol. The zero-order valence-corrected chi connectivity index (χ0v) is 19.8. The highest BCUT2D eigenvalue weighted by molar-refractivity contribution is 7.92. The molecule has 1 fully saturated rings. The molecule has 3 atom stereocenters. The van der Waals surface area contributed by atoms with Crippen molar-refractivity contribution in [3.05, 3.63) is 64.5 Å². The van der Waals surface area contributed by atoms with Crippen molar-refractivity contribution < 1.29 is 13.8 Å². The van der Waals surface area contributed by atoms with E-state index in [-0.39, 0.29) is 28.7 Å². The average molecular weight is 442 g/mol. The molecule has 1 aromatic heterocycles. The van der Waals surface area contributed by atoms with Gasteiger partial charge in [0.15, 0.2) is 0 Å². The molecule has 1 aromatic carbocycles. The number of carbonyl (C=O) groups is 2. The highest BCUT2D eigenvalue weighted by Gasteiger charge is 2.55. The summed E-state index contributed by atoms with van der Waals surface area (Å²) in [5.74, 6) is -0.516. The van der Waals surface area contributed by atoms with Crippen LogP contribution in [0.25, 0.3) is 0 Å². The Labute approximate surface area is 188 Å². The number of benzene rings is 1. The van der Waals surface area contributed by atoms with E-state index in [0.717, 1.165) is 28.8 Å². The molecular formula is C24H31N3O3S. The zero-order chi connectivity index (χ0) is 23.0. The van der Waals surface area contributed by atoms with Crippen LogP contribution in [-0.2, 0) is 19.8 Å². The van der Waals surface area contributed by atoms with Crippen LogP contribution in [0.1, 0.15) is 79.8 Å². The zero-order valence-electron chi connectivity index (χ0n) is 19.0. The lowest BCUT2D eigenvalue weighted by molar-refractivity contribution is -0.123. The Morgan fingerprint density at radius 1 is 1.29 bits per heavy atom. The van der Waals surface area contributed by atoms with Crippen LogP contribution in [0.5, 0.6) is 0 Å². The third kappa shape index (κ3) is 4.93. The van der Waals surface area contributed by atoms with Crippen LogP contribution in [-0.4, -0.2) is 16.9 Å². The van der Waals surface area contributed by atoms with Crippen molar-refractivity contribution >= 4 is 24.1 Å². The summed E-state index contributed by atoms with van der Waals surface area (Å²) < 4.78 is 4.78. The van der Waals surface area contributed by atoms with Gasteiger partial charge in [0, 0.05) is 28.6 Å². The topological polar surface area (TPSA) is 94.3 Å². The molecule has 31 heavy (non-hydrogen) atoms. The van der Waals surface area contributed by atoms with Crippen LogP contribution in [0.4, 0.5) is 0 Å². The van der Waals surface area contributed by atoms with E-state index in [2.05, 4.69) is 50.1 Å². The molecule has 7 heteroatoms. The second-order valence-corrected chi connectivity index (χ2v) is 9.99. The van der Waals surface area contributed by atoms with Gasteiger partial charge in [-0.15, -0.1) is 0 Å². The maximum atomic E-state index is 12.9. The van der Waals surface area contributed by atoms with Gasteiger partial charge in [-0.25, -0.2) is 9.93 Å². The number of nitrogens with one attached hydrogen (secondary N) is 1. The summed E-state index contributed by atoms with van der Waals surface area (Å²) in [5, 5.41) is 8.32. The SMILES string of the molecule is Cc1cc([C@@H](C)NC(=O)C2CC2(C)c2ccc(C(C)(C)C)nc2)ccc1C(=O)OSN. The molecule has 6 nitrogen and oxygen atoms in total. The first-order valence-electron chi connectivity index (χ1n) is 10.4. The summed E-state index contributed by atoms with van der Waals surface area (Å²) in [6.07, 6.45) is 2.72. The molecule has 1 saturated carbocycles. The van der Waals surface area contributed by atoms with Gasteiger partial charge in [0.25, 0.3) is 0 Å². The van der Waals surface area contributed by atoms with Crippen molar-refractivity contribution in [3.63, 3.8) is 0 Å². The molecule has 1 aliphatic carbocycles. The van der Waals surface area contributed by atoms with Gasteiger partial charge in [0.05, 0.1) is 11.6 Å². The first kappa shape index (κ1) is 23.3. The fourth-order valence-electron chi connectivity index (χ4n) is 3.91. The molecule has 3 N–H and O–H groups in total. The third-order valence-corrected chi connectivity index (χ3v) is 6.45. The highest BCUT2D eigenvalue weighted by Crippen LogP contribution is 2.54. The molecular weight excluding hydrogens is 410 g/mol. The molecule has 1 aliphatic rings. The lowest BCUT2D eigenvalue weighted by atomic mass is 9.89. The number of amides is 1. The Morgan fingerprint density at radius 3 is 2.55 bits per heavy atom. The second kappa shape index (κ2) is 8.63. The van der Waals surface area contributed by atoms with Gasteiger partial charge in [-0.3, -0.25) is 9.78 Å². The van der Waals surface area contributed by atoms with Crippen LogP contribution in [0.3, 0.4) is 0 Å². The van der Waals surface area contributed by atoms with Crippen LogP contribution in [0.2, 0.25) is 0 Å². The van der Waals surface area contributed by atoms with Crippen LogP contribution < -0.4 is 10.5 Å². The van der Waals surface area contributed by atoms with Gasteiger partial charge in [-0.1, -0.05) is 45.9 Å². The van der Waals surface area contributed by atoms with E-state index >= 15 is 0 Å². The van der Waals surface area contributed by atoms with E-state index in [1.807, 2.05) is 32.2 Å². The Hall–Kier alpha value is -2.38. The molecule has 3 rings (SSSR count).